The van der Waals surface area contributed by atoms with E-state index in [1.165, 1.54) is 17.7 Å². The Morgan fingerprint density at radius 3 is 2.24 bits per heavy atom. The number of anilines is 2. The third-order valence-electron chi connectivity index (χ3n) is 12.6. The molecule has 0 radical (unpaired) electrons. The van der Waals surface area contributed by atoms with Gasteiger partial charge in [-0.1, -0.05) is 92.4 Å². The molecule has 3 N–H and O–H groups in total. The lowest BCUT2D eigenvalue weighted by Crippen LogP contribution is -2.35. The second-order valence-electron chi connectivity index (χ2n) is 17.9. The predicted molar refractivity (Wildman–Crippen MR) is 259 cm³/mol. The number of nitrogens with zero attached hydrogens (tertiary/aromatic N) is 3. The second-order valence-corrected chi connectivity index (χ2v) is 20.9. The molecule has 0 bridgehead atoms. The molecular weight excluding hydrogens is 873 g/mol. The minimum Gasteiger partial charge on any atom is -0.356 e. The van der Waals surface area contributed by atoms with Crippen molar-refractivity contribution < 1.29 is 40.1 Å². The summed E-state index contributed by atoms with van der Waals surface area (Å²) in [6, 6.07) is 28.2. The SMILES string of the molecule is CC1(C)C(=CC=CC=CC2=[N+](CCCCCC(=O)NCCC(=O)N3Cc4ccccc4C#Cc4ccccc43)c3ccccc3C2(C)C)N(CCCS(=O)(=O)O)c2ccc(S(=O)(=O)O)cc21. The largest absolute Gasteiger partial charge is 0.356 e. The summed E-state index contributed by atoms with van der Waals surface area (Å²) in [7, 11) is -8.64. The van der Waals surface area contributed by atoms with Crippen molar-refractivity contribution in [1.82, 2.24) is 5.32 Å². The van der Waals surface area contributed by atoms with Gasteiger partial charge in [0.05, 0.1) is 28.3 Å². The van der Waals surface area contributed by atoms with Crippen molar-refractivity contribution in [3.05, 3.63) is 155 Å². The van der Waals surface area contributed by atoms with Gasteiger partial charge in [-0.3, -0.25) is 18.7 Å². The number of benzene rings is 4. The van der Waals surface area contributed by atoms with Crippen LogP contribution in [-0.4, -0.2) is 73.4 Å². The van der Waals surface area contributed by atoms with E-state index in [1.807, 2.05) is 104 Å². The van der Waals surface area contributed by atoms with Crippen molar-refractivity contribution in [2.75, 3.05) is 35.2 Å². The molecule has 7 rings (SSSR count). The molecule has 0 aromatic heterocycles. The quantitative estimate of drug-likeness (QED) is 0.0310. The van der Waals surface area contributed by atoms with E-state index < -0.39 is 31.4 Å². The predicted octanol–water partition coefficient (Wildman–Crippen LogP) is 8.39. The van der Waals surface area contributed by atoms with Crippen molar-refractivity contribution in [1.29, 1.82) is 0 Å². The van der Waals surface area contributed by atoms with Crippen LogP contribution in [0.2, 0.25) is 0 Å². The summed E-state index contributed by atoms with van der Waals surface area (Å²) >= 11 is 0. The molecule has 0 atom stereocenters. The number of hydrogen-bond donors (Lipinski definition) is 3. The number of allylic oxidation sites excluding steroid dienone is 6. The molecule has 344 valence electrons. The number of carbonyl (C=O) groups excluding carboxylic acids is 2. The molecule has 0 saturated heterocycles. The van der Waals surface area contributed by atoms with Crippen molar-refractivity contribution in [2.45, 2.75) is 88.5 Å². The number of fused-ring (bicyclic) bond motifs is 4. The highest BCUT2D eigenvalue weighted by Gasteiger charge is 2.44. The fourth-order valence-corrected chi connectivity index (χ4v) is 10.2. The van der Waals surface area contributed by atoms with Crippen LogP contribution >= 0.6 is 0 Å². The molecule has 3 aliphatic rings. The van der Waals surface area contributed by atoms with E-state index in [0.717, 1.165) is 58.9 Å². The van der Waals surface area contributed by atoms with Crippen molar-refractivity contribution >= 4 is 54.8 Å². The van der Waals surface area contributed by atoms with E-state index in [2.05, 4.69) is 53.8 Å². The molecule has 0 fully saturated rings. The van der Waals surface area contributed by atoms with Crippen LogP contribution in [0, 0.1) is 11.8 Å². The number of hydrogen-bond acceptors (Lipinski definition) is 7. The number of amides is 2. The van der Waals surface area contributed by atoms with Crippen LogP contribution < -0.4 is 15.1 Å². The summed E-state index contributed by atoms with van der Waals surface area (Å²) in [5.74, 6) is 5.88. The highest BCUT2D eigenvalue weighted by atomic mass is 32.2. The zero-order chi connectivity index (χ0) is 47.3. The molecule has 4 aromatic carbocycles. The van der Waals surface area contributed by atoms with Gasteiger partial charge in [-0.05, 0) is 86.7 Å². The Hall–Kier alpha value is -6.11. The second kappa shape index (κ2) is 19.8. The number of unbranched alkanes of at least 4 members (excludes halogenated alkanes) is 2. The highest BCUT2D eigenvalue weighted by molar-refractivity contribution is 7.86. The average Bonchev–Trinajstić information content (AvgIpc) is 3.61. The van der Waals surface area contributed by atoms with Crippen LogP contribution in [0.5, 0.6) is 0 Å². The Kier molecular flexibility index (Phi) is 14.3. The molecular formula is C52H57N4O8S2+. The number of nitrogens with one attached hydrogen (secondary N) is 1. The lowest BCUT2D eigenvalue weighted by atomic mass is 9.81. The van der Waals surface area contributed by atoms with Crippen LogP contribution in [0.3, 0.4) is 0 Å². The van der Waals surface area contributed by atoms with Crippen molar-refractivity contribution in [3.8, 4) is 11.8 Å². The van der Waals surface area contributed by atoms with Gasteiger partial charge in [0.1, 0.15) is 6.54 Å². The first-order valence-corrected chi connectivity index (χ1v) is 25.3. The van der Waals surface area contributed by atoms with Crippen molar-refractivity contribution in [2.24, 2.45) is 0 Å². The highest BCUT2D eigenvalue weighted by Crippen LogP contribution is 2.48. The number of para-hydroxylation sites is 2. The van der Waals surface area contributed by atoms with E-state index in [4.69, 9.17) is 0 Å². The summed E-state index contributed by atoms with van der Waals surface area (Å²) in [5.41, 5.74) is 8.09. The molecule has 0 saturated carbocycles. The minimum absolute atomic E-state index is 0.0781. The molecule has 3 aliphatic heterocycles. The molecule has 0 spiro atoms. The van der Waals surface area contributed by atoms with E-state index in [0.29, 0.717) is 30.6 Å². The molecule has 0 unspecified atom stereocenters. The van der Waals surface area contributed by atoms with Crippen LogP contribution in [0.1, 0.15) is 94.0 Å². The Morgan fingerprint density at radius 2 is 1.47 bits per heavy atom. The Morgan fingerprint density at radius 1 is 0.758 bits per heavy atom. The summed E-state index contributed by atoms with van der Waals surface area (Å²) in [6.07, 6.45) is 12.9. The first-order valence-electron chi connectivity index (χ1n) is 22.3. The molecule has 4 aromatic rings. The topological polar surface area (TPSA) is 164 Å². The fourth-order valence-electron chi connectivity index (χ4n) is 9.17. The standard InChI is InChI=1S/C52H56N4O8S2/c1-51(2)42-21-13-15-23-45(42)54(33-16-6-9-26-49(57)53-32-31-50(58)56-37-40-20-11-10-18-38(40)27-28-39-19-12-14-22-44(39)56)47(51)24-7-5-8-25-48-52(3,4)43-36-41(66(62,63)64)29-30-46(43)55(48)34-17-35-65(59,60)61/h5,7-8,10-15,18-25,29-30,36H,6,9,16-17,26,31-35,37H2,1-4H3,(H2-,53,57,59,60,61,62,63,64)/p+1. The van der Waals surface area contributed by atoms with E-state index in [9.17, 15) is 35.5 Å². The first kappa shape index (κ1) is 47.8. The number of rotatable bonds is 17. The van der Waals surface area contributed by atoms with Gasteiger partial charge in [0.15, 0.2) is 5.71 Å². The maximum absolute atomic E-state index is 13.6. The van der Waals surface area contributed by atoms with Crippen LogP contribution in [0.25, 0.3) is 0 Å². The van der Waals surface area contributed by atoms with E-state index in [-0.39, 0.29) is 48.1 Å². The number of carbonyl (C=O) groups is 2. The maximum Gasteiger partial charge on any atom is 0.294 e. The van der Waals surface area contributed by atoms with Gasteiger partial charge in [0, 0.05) is 78.0 Å². The third kappa shape index (κ3) is 10.8. The zero-order valence-electron chi connectivity index (χ0n) is 37.8. The van der Waals surface area contributed by atoms with Crippen LogP contribution in [0.15, 0.2) is 132 Å². The monoisotopic (exact) mass is 929 g/mol. The summed E-state index contributed by atoms with van der Waals surface area (Å²) in [4.78, 5) is 30.0. The van der Waals surface area contributed by atoms with Crippen molar-refractivity contribution in [3.63, 3.8) is 0 Å². The maximum atomic E-state index is 13.6. The third-order valence-corrected chi connectivity index (χ3v) is 14.2. The zero-order valence-corrected chi connectivity index (χ0v) is 39.5. The van der Waals surface area contributed by atoms with Gasteiger partial charge >= 0.3 is 0 Å². The molecule has 66 heavy (non-hydrogen) atoms. The van der Waals surface area contributed by atoms with Crippen LogP contribution in [0.4, 0.5) is 17.1 Å². The molecule has 2 amide bonds. The molecule has 14 heteroatoms. The van der Waals surface area contributed by atoms with E-state index in [1.54, 1.807) is 11.0 Å². The first-order chi connectivity index (χ1) is 31.4. The molecule has 0 aliphatic carbocycles. The molecule has 12 nitrogen and oxygen atoms in total. The summed E-state index contributed by atoms with van der Waals surface area (Å²) in [6.45, 7) is 9.95. The van der Waals surface area contributed by atoms with E-state index >= 15 is 0 Å². The summed E-state index contributed by atoms with van der Waals surface area (Å²) in [5, 5.41) is 2.96. The van der Waals surface area contributed by atoms with Crippen LogP contribution in [-0.2, 0) is 47.2 Å². The fraction of sp³-hybridized carbons (Fsp3) is 0.327. The summed E-state index contributed by atoms with van der Waals surface area (Å²) < 4.78 is 68.7. The van der Waals surface area contributed by atoms with Gasteiger partial charge in [-0.25, -0.2) is 0 Å². The molecule has 3 heterocycles. The Balaban J connectivity index is 0.970. The smallest absolute Gasteiger partial charge is 0.294 e. The van der Waals surface area contributed by atoms with Gasteiger partial charge in [-0.2, -0.15) is 21.4 Å². The average molecular weight is 930 g/mol. The van der Waals surface area contributed by atoms with Gasteiger partial charge < -0.3 is 15.1 Å². The lowest BCUT2D eigenvalue weighted by molar-refractivity contribution is -0.438. The van der Waals surface area contributed by atoms with Gasteiger partial charge in [0.2, 0.25) is 17.5 Å². The van der Waals surface area contributed by atoms with Gasteiger partial charge in [-0.15, -0.1) is 0 Å². The Bertz CT molecular complexity index is 2960. The Labute approximate surface area is 388 Å². The van der Waals surface area contributed by atoms with Gasteiger partial charge in [0.25, 0.3) is 20.2 Å². The lowest BCUT2D eigenvalue weighted by Gasteiger charge is -2.27. The normalized spacial score (nSPS) is 16.7. The minimum atomic E-state index is -4.46.